The van der Waals surface area contributed by atoms with Gasteiger partial charge < -0.3 is 10.6 Å². The fourth-order valence-electron chi connectivity index (χ4n) is 2.33. The number of hydrogen-bond acceptors (Lipinski definition) is 6. The Kier molecular flexibility index (Phi) is 5.86. The first kappa shape index (κ1) is 17.2. The largest absolute Gasteiger partial charge is 0.302 e. The number of thiazole rings is 2. The van der Waals surface area contributed by atoms with Crippen LogP contribution in [-0.2, 0) is 16.0 Å². The third-order valence-electron chi connectivity index (χ3n) is 3.47. The smallest absolute Gasteiger partial charge is 0.230 e. The van der Waals surface area contributed by atoms with E-state index in [1.54, 1.807) is 23.2 Å². The van der Waals surface area contributed by atoms with Gasteiger partial charge in [0.25, 0.3) is 0 Å². The van der Waals surface area contributed by atoms with Crippen molar-refractivity contribution in [3.8, 4) is 0 Å². The SMILES string of the molecule is O=C(CC(Cc1ccccc1)C(=O)Nc1nccs1)Nc1nccs1. The van der Waals surface area contributed by atoms with E-state index in [0.29, 0.717) is 16.7 Å². The number of nitrogens with zero attached hydrogens (tertiary/aromatic N) is 2. The zero-order valence-electron chi connectivity index (χ0n) is 13.2. The highest BCUT2D eigenvalue weighted by Gasteiger charge is 2.23. The molecule has 0 fully saturated rings. The molecular formula is C17H16N4O2S2. The van der Waals surface area contributed by atoms with Gasteiger partial charge in [0.1, 0.15) is 0 Å². The molecular weight excluding hydrogens is 356 g/mol. The Morgan fingerprint density at radius 2 is 1.60 bits per heavy atom. The summed E-state index contributed by atoms with van der Waals surface area (Å²) in [4.78, 5) is 33.0. The Hall–Kier alpha value is -2.58. The van der Waals surface area contributed by atoms with E-state index in [9.17, 15) is 9.59 Å². The average Bonchev–Trinajstić information content (AvgIpc) is 3.29. The van der Waals surface area contributed by atoms with E-state index < -0.39 is 5.92 Å². The molecule has 6 nitrogen and oxygen atoms in total. The van der Waals surface area contributed by atoms with Crippen molar-refractivity contribution in [1.29, 1.82) is 0 Å². The Labute approximate surface area is 153 Å². The highest BCUT2D eigenvalue weighted by Crippen LogP contribution is 2.19. The molecule has 2 N–H and O–H groups in total. The number of rotatable bonds is 7. The Bertz CT molecular complexity index is 805. The van der Waals surface area contributed by atoms with E-state index in [1.807, 2.05) is 30.3 Å². The molecule has 128 valence electrons. The molecule has 0 aliphatic carbocycles. The molecule has 3 rings (SSSR count). The van der Waals surface area contributed by atoms with E-state index >= 15 is 0 Å². The van der Waals surface area contributed by atoms with Crippen LogP contribution in [0, 0.1) is 5.92 Å². The van der Waals surface area contributed by atoms with E-state index in [-0.39, 0.29) is 18.2 Å². The maximum absolute atomic E-state index is 12.6. The van der Waals surface area contributed by atoms with Gasteiger partial charge in [0.15, 0.2) is 10.3 Å². The summed E-state index contributed by atoms with van der Waals surface area (Å²) < 4.78 is 0. The number of amides is 2. The third-order valence-corrected chi connectivity index (χ3v) is 4.85. The zero-order chi connectivity index (χ0) is 17.5. The number of hydrogen-bond donors (Lipinski definition) is 2. The lowest BCUT2D eigenvalue weighted by molar-refractivity contribution is -0.124. The fourth-order valence-corrected chi connectivity index (χ4v) is 3.41. The first-order valence-electron chi connectivity index (χ1n) is 7.64. The number of anilines is 2. The third kappa shape index (κ3) is 5.20. The number of carbonyl (C=O) groups excluding carboxylic acids is 2. The number of carbonyl (C=O) groups is 2. The van der Waals surface area contributed by atoms with Crippen molar-refractivity contribution >= 4 is 44.8 Å². The van der Waals surface area contributed by atoms with E-state index in [0.717, 1.165) is 5.56 Å². The second-order valence-corrected chi connectivity index (χ2v) is 7.09. The first-order chi connectivity index (χ1) is 12.2. The quantitative estimate of drug-likeness (QED) is 0.665. The van der Waals surface area contributed by atoms with Gasteiger partial charge in [-0.05, 0) is 12.0 Å². The normalized spacial score (nSPS) is 11.7. The van der Waals surface area contributed by atoms with Gasteiger partial charge in [-0.1, -0.05) is 30.3 Å². The molecule has 1 unspecified atom stereocenters. The van der Waals surface area contributed by atoms with Crippen LogP contribution in [0.1, 0.15) is 12.0 Å². The molecule has 0 bridgehead atoms. The monoisotopic (exact) mass is 372 g/mol. The molecule has 25 heavy (non-hydrogen) atoms. The molecule has 2 heterocycles. The summed E-state index contributed by atoms with van der Waals surface area (Å²) in [5.74, 6) is -0.940. The van der Waals surface area contributed by atoms with Gasteiger partial charge in [-0.25, -0.2) is 9.97 Å². The van der Waals surface area contributed by atoms with Crippen molar-refractivity contribution in [2.45, 2.75) is 12.8 Å². The topological polar surface area (TPSA) is 84.0 Å². The van der Waals surface area contributed by atoms with E-state index in [1.165, 1.54) is 22.7 Å². The second-order valence-electron chi connectivity index (χ2n) is 5.30. The van der Waals surface area contributed by atoms with Crippen molar-refractivity contribution in [2.75, 3.05) is 10.6 Å². The Morgan fingerprint density at radius 1 is 0.960 bits per heavy atom. The molecule has 0 spiro atoms. The summed E-state index contributed by atoms with van der Waals surface area (Å²) >= 11 is 2.69. The predicted octanol–water partition coefficient (Wildman–Crippen LogP) is 3.43. The lowest BCUT2D eigenvalue weighted by Gasteiger charge is -2.15. The summed E-state index contributed by atoms with van der Waals surface area (Å²) in [5.41, 5.74) is 1.00. The van der Waals surface area contributed by atoms with Gasteiger partial charge >= 0.3 is 0 Å². The Balaban J connectivity index is 1.68. The van der Waals surface area contributed by atoms with Crippen LogP contribution in [0.5, 0.6) is 0 Å². The summed E-state index contributed by atoms with van der Waals surface area (Å²) in [5, 5.41) is 10.1. The minimum atomic E-state index is -0.494. The number of nitrogens with one attached hydrogen (secondary N) is 2. The second kappa shape index (κ2) is 8.50. The molecule has 0 radical (unpaired) electrons. The molecule has 0 saturated heterocycles. The summed E-state index contributed by atoms with van der Waals surface area (Å²) in [7, 11) is 0. The molecule has 0 aliphatic heterocycles. The molecule has 1 atom stereocenters. The van der Waals surface area contributed by atoms with Crippen molar-refractivity contribution in [1.82, 2.24) is 9.97 Å². The standard InChI is InChI=1S/C17H16N4O2S2/c22-14(20-16-18-6-8-24-16)11-13(10-12-4-2-1-3-5-12)15(23)21-17-19-7-9-25-17/h1-9,13H,10-11H2,(H,18,20,22)(H,19,21,23). The van der Waals surface area contributed by atoms with Crippen LogP contribution >= 0.6 is 22.7 Å². The molecule has 2 amide bonds. The predicted molar refractivity (Wildman–Crippen MR) is 99.7 cm³/mol. The van der Waals surface area contributed by atoms with Crippen molar-refractivity contribution < 1.29 is 9.59 Å². The van der Waals surface area contributed by atoms with Gasteiger partial charge in [0, 0.05) is 29.6 Å². The highest BCUT2D eigenvalue weighted by atomic mass is 32.1. The molecule has 3 aromatic rings. The summed E-state index contributed by atoms with van der Waals surface area (Å²) in [6.07, 6.45) is 3.80. The van der Waals surface area contributed by atoms with Gasteiger partial charge in [-0.15, -0.1) is 22.7 Å². The summed E-state index contributed by atoms with van der Waals surface area (Å²) in [6.45, 7) is 0. The van der Waals surface area contributed by atoms with Crippen LogP contribution in [0.2, 0.25) is 0 Å². The molecule has 1 aromatic carbocycles. The van der Waals surface area contributed by atoms with Crippen LogP contribution in [-0.4, -0.2) is 21.8 Å². The molecule has 0 aliphatic rings. The minimum Gasteiger partial charge on any atom is -0.302 e. The maximum atomic E-state index is 12.6. The van der Waals surface area contributed by atoms with Crippen molar-refractivity contribution in [2.24, 2.45) is 5.92 Å². The summed E-state index contributed by atoms with van der Waals surface area (Å²) in [6, 6.07) is 9.65. The van der Waals surface area contributed by atoms with Gasteiger partial charge in [0.05, 0.1) is 5.92 Å². The lowest BCUT2D eigenvalue weighted by Crippen LogP contribution is -2.29. The van der Waals surface area contributed by atoms with Crippen LogP contribution in [0.15, 0.2) is 53.5 Å². The first-order valence-corrected chi connectivity index (χ1v) is 9.40. The van der Waals surface area contributed by atoms with Gasteiger partial charge in [0.2, 0.25) is 11.8 Å². The van der Waals surface area contributed by atoms with Crippen molar-refractivity contribution in [3.05, 3.63) is 59.0 Å². The van der Waals surface area contributed by atoms with Crippen LogP contribution in [0.4, 0.5) is 10.3 Å². The van der Waals surface area contributed by atoms with Crippen molar-refractivity contribution in [3.63, 3.8) is 0 Å². The average molecular weight is 372 g/mol. The highest BCUT2D eigenvalue weighted by molar-refractivity contribution is 7.14. The van der Waals surface area contributed by atoms with Gasteiger partial charge in [-0.2, -0.15) is 0 Å². The molecule has 2 aromatic heterocycles. The molecule has 0 saturated carbocycles. The Morgan fingerprint density at radius 3 is 2.20 bits per heavy atom. The van der Waals surface area contributed by atoms with Crippen LogP contribution < -0.4 is 10.6 Å². The fraction of sp³-hybridized carbons (Fsp3) is 0.176. The zero-order valence-corrected chi connectivity index (χ0v) is 14.8. The van der Waals surface area contributed by atoms with Gasteiger partial charge in [-0.3, -0.25) is 9.59 Å². The van der Waals surface area contributed by atoms with E-state index in [4.69, 9.17) is 0 Å². The molecule has 8 heteroatoms. The minimum absolute atomic E-state index is 0.0751. The van der Waals surface area contributed by atoms with Crippen LogP contribution in [0.3, 0.4) is 0 Å². The van der Waals surface area contributed by atoms with E-state index in [2.05, 4.69) is 20.6 Å². The number of aromatic nitrogens is 2. The number of benzene rings is 1. The van der Waals surface area contributed by atoms with Crippen LogP contribution in [0.25, 0.3) is 0 Å². The maximum Gasteiger partial charge on any atom is 0.230 e. The lowest BCUT2D eigenvalue weighted by atomic mass is 9.95.